The number of rotatable bonds is 11. The van der Waals surface area contributed by atoms with E-state index in [1.807, 2.05) is 0 Å². The molecule has 1 rings (SSSR count). The van der Waals surface area contributed by atoms with Crippen molar-refractivity contribution in [3.8, 4) is 0 Å². The first-order valence-electron chi connectivity index (χ1n) is 8.10. The standard InChI is InChI=1S/C15H26N6O4/c1-9-11(19-8-18-9)6-12(20-13(22)7-17)14(23)21-10(15(24)25)4-2-3-5-16/h8,10,12H,2-7,16-17H2,1H3,(H,18,19)(H,20,22)(H,21,23)(H,24,25). The van der Waals surface area contributed by atoms with Crippen LogP contribution in [0.25, 0.3) is 0 Å². The summed E-state index contributed by atoms with van der Waals surface area (Å²) >= 11 is 0. The van der Waals surface area contributed by atoms with Crippen molar-refractivity contribution in [1.82, 2.24) is 20.6 Å². The van der Waals surface area contributed by atoms with Crippen molar-refractivity contribution in [3.63, 3.8) is 0 Å². The quantitative estimate of drug-likeness (QED) is 0.259. The van der Waals surface area contributed by atoms with E-state index in [0.717, 1.165) is 5.69 Å². The zero-order valence-electron chi connectivity index (χ0n) is 14.2. The smallest absolute Gasteiger partial charge is 0.326 e. The third kappa shape index (κ3) is 6.89. The molecule has 0 saturated heterocycles. The first kappa shape index (κ1) is 20.6. The lowest BCUT2D eigenvalue weighted by Gasteiger charge is -2.21. The highest BCUT2D eigenvalue weighted by atomic mass is 16.4. The van der Waals surface area contributed by atoms with Crippen LogP contribution in [0.15, 0.2) is 6.33 Å². The molecular formula is C15H26N6O4. The maximum Gasteiger partial charge on any atom is 0.326 e. The fourth-order valence-electron chi connectivity index (χ4n) is 2.27. The third-order valence-electron chi connectivity index (χ3n) is 3.73. The summed E-state index contributed by atoms with van der Waals surface area (Å²) in [4.78, 5) is 42.4. The van der Waals surface area contributed by atoms with Crippen LogP contribution < -0.4 is 22.1 Å². The van der Waals surface area contributed by atoms with E-state index in [4.69, 9.17) is 11.5 Å². The van der Waals surface area contributed by atoms with E-state index in [0.29, 0.717) is 25.1 Å². The van der Waals surface area contributed by atoms with Gasteiger partial charge in [-0.15, -0.1) is 0 Å². The lowest BCUT2D eigenvalue weighted by Crippen LogP contribution is -2.53. The maximum atomic E-state index is 12.5. The Bertz CT molecular complexity index is 588. The lowest BCUT2D eigenvalue weighted by molar-refractivity contribution is -0.142. The highest BCUT2D eigenvalue weighted by Crippen LogP contribution is 2.07. The number of unbranched alkanes of at least 4 members (excludes halogenated alkanes) is 1. The van der Waals surface area contributed by atoms with Gasteiger partial charge < -0.3 is 32.2 Å². The Morgan fingerprint density at radius 1 is 1.24 bits per heavy atom. The number of aryl methyl sites for hydroxylation is 1. The average molecular weight is 354 g/mol. The Morgan fingerprint density at radius 3 is 2.48 bits per heavy atom. The van der Waals surface area contributed by atoms with Crippen LogP contribution in [0.4, 0.5) is 0 Å². The molecule has 0 aliphatic carbocycles. The number of nitrogens with zero attached hydrogens (tertiary/aromatic N) is 1. The van der Waals surface area contributed by atoms with E-state index in [1.54, 1.807) is 6.92 Å². The summed E-state index contributed by atoms with van der Waals surface area (Å²) in [6, 6.07) is -2.01. The number of carboxylic acids is 1. The first-order valence-corrected chi connectivity index (χ1v) is 8.10. The number of H-pyrrole nitrogens is 1. The van der Waals surface area contributed by atoms with Gasteiger partial charge in [0.25, 0.3) is 0 Å². The van der Waals surface area contributed by atoms with Crippen molar-refractivity contribution in [3.05, 3.63) is 17.7 Å². The Hall–Kier alpha value is -2.46. The molecule has 0 aromatic carbocycles. The minimum absolute atomic E-state index is 0.127. The summed E-state index contributed by atoms with van der Waals surface area (Å²) in [6.45, 7) is 1.96. The van der Waals surface area contributed by atoms with Gasteiger partial charge in [-0.25, -0.2) is 9.78 Å². The highest BCUT2D eigenvalue weighted by Gasteiger charge is 2.27. The molecule has 25 heavy (non-hydrogen) atoms. The van der Waals surface area contributed by atoms with Crippen LogP contribution in [0.2, 0.25) is 0 Å². The zero-order chi connectivity index (χ0) is 18.8. The molecule has 1 aromatic heterocycles. The minimum Gasteiger partial charge on any atom is -0.480 e. The van der Waals surface area contributed by atoms with Gasteiger partial charge >= 0.3 is 5.97 Å². The van der Waals surface area contributed by atoms with Crippen molar-refractivity contribution in [1.29, 1.82) is 0 Å². The van der Waals surface area contributed by atoms with Crippen molar-refractivity contribution in [2.75, 3.05) is 13.1 Å². The van der Waals surface area contributed by atoms with Crippen LogP contribution in [0, 0.1) is 6.92 Å². The Labute approximate surface area is 145 Å². The van der Waals surface area contributed by atoms with Crippen LogP contribution in [0.3, 0.4) is 0 Å². The van der Waals surface area contributed by atoms with Gasteiger partial charge in [0.15, 0.2) is 0 Å². The molecule has 0 aliphatic rings. The zero-order valence-corrected chi connectivity index (χ0v) is 14.2. The first-order chi connectivity index (χ1) is 11.9. The molecule has 0 fully saturated rings. The highest BCUT2D eigenvalue weighted by molar-refractivity contribution is 5.91. The number of nitrogens with one attached hydrogen (secondary N) is 3. The molecule has 0 spiro atoms. The van der Waals surface area contributed by atoms with Crippen molar-refractivity contribution < 1.29 is 19.5 Å². The van der Waals surface area contributed by atoms with E-state index < -0.39 is 29.9 Å². The summed E-state index contributed by atoms with van der Waals surface area (Å²) < 4.78 is 0. The number of aromatic nitrogens is 2. The normalized spacial score (nSPS) is 13.1. The van der Waals surface area contributed by atoms with E-state index in [2.05, 4.69) is 20.6 Å². The van der Waals surface area contributed by atoms with Crippen LogP contribution in [0.5, 0.6) is 0 Å². The Balaban J connectivity index is 2.80. The second-order valence-corrected chi connectivity index (χ2v) is 5.69. The molecule has 0 radical (unpaired) electrons. The van der Waals surface area contributed by atoms with Crippen LogP contribution in [-0.4, -0.2) is 58.0 Å². The molecule has 0 saturated carbocycles. The molecule has 0 aliphatic heterocycles. The number of imidazole rings is 1. The molecule has 10 nitrogen and oxygen atoms in total. The fraction of sp³-hybridized carbons (Fsp3) is 0.600. The molecule has 140 valence electrons. The average Bonchev–Trinajstić information content (AvgIpc) is 2.97. The van der Waals surface area contributed by atoms with E-state index in [1.165, 1.54) is 6.33 Å². The number of aromatic amines is 1. The molecule has 8 N–H and O–H groups in total. The Morgan fingerprint density at radius 2 is 1.96 bits per heavy atom. The summed E-state index contributed by atoms with van der Waals surface area (Å²) in [5.41, 5.74) is 12.0. The van der Waals surface area contributed by atoms with E-state index >= 15 is 0 Å². The van der Waals surface area contributed by atoms with E-state index in [9.17, 15) is 19.5 Å². The third-order valence-corrected chi connectivity index (χ3v) is 3.73. The number of carbonyl (C=O) groups is 3. The van der Waals surface area contributed by atoms with Crippen LogP contribution in [-0.2, 0) is 20.8 Å². The second-order valence-electron chi connectivity index (χ2n) is 5.69. The number of amides is 2. The van der Waals surface area contributed by atoms with Gasteiger partial charge in [-0.2, -0.15) is 0 Å². The summed E-state index contributed by atoms with van der Waals surface area (Å²) in [5, 5.41) is 14.2. The molecule has 1 aromatic rings. The molecular weight excluding hydrogens is 328 g/mol. The van der Waals surface area contributed by atoms with Gasteiger partial charge in [0.05, 0.1) is 18.6 Å². The monoisotopic (exact) mass is 354 g/mol. The molecule has 1 heterocycles. The van der Waals surface area contributed by atoms with Gasteiger partial charge in [0, 0.05) is 12.1 Å². The molecule has 2 atom stereocenters. The molecule has 2 unspecified atom stereocenters. The maximum absolute atomic E-state index is 12.5. The van der Waals surface area contributed by atoms with Gasteiger partial charge in [-0.05, 0) is 32.7 Å². The lowest BCUT2D eigenvalue weighted by atomic mass is 10.1. The predicted molar refractivity (Wildman–Crippen MR) is 90.5 cm³/mol. The van der Waals surface area contributed by atoms with Gasteiger partial charge in [-0.3, -0.25) is 9.59 Å². The minimum atomic E-state index is -1.13. The van der Waals surface area contributed by atoms with Crippen LogP contribution >= 0.6 is 0 Å². The number of hydrogen-bond donors (Lipinski definition) is 6. The molecule has 2 amide bonds. The van der Waals surface area contributed by atoms with E-state index in [-0.39, 0.29) is 19.4 Å². The molecule has 0 bridgehead atoms. The summed E-state index contributed by atoms with van der Waals surface area (Å²) in [7, 11) is 0. The van der Waals surface area contributed by atoms with Crippen LogP contribution in [0.1, 0.15) is 30.7 Å². The van der Waals surface area contributed by atoms with Crippen molar-refractivity contribution in [2.45, 2.75) is 44.7 Å². The van der Waals surface area contributed by atoms with Gasteiger partial charge in [0.1, 0.15) is 12.1 Å². The summed E-state index contributed by atoms with van der Waals surface area (Å²) in [6.07, 6.45) is 3.11. The topological polar surface area (TPSA) is 176 Å². The number of nitrogens with two attached hydrogens (primary N) is 2. The van der Waals surface area contributed by atoms with Crippen molar-refractivity contribution >= 4 is 17.8 Å². The summed E-state index contributed by atoms with van der Waals surface area (Å²) in [5.74, 6) is -2.24. The van der Waals surface area contributed by atoms with Gasteiger partial charge in [0.2, 0.25) is 11.8 Å². The predicted octanol–water partition coefficient (Wildman–Crippen LogP) is -1.60. The number of carbonyl (C=O) groups excluding carboxylic acids is 2. The van der Waals surface area contributed by atoms with Gasteiger partial charge in [-0.1, -0.05) is 0 Å². The molecule has 10 heteroatoms. The number of carboxylic acid groups (broad SMARTS) is 1. The fourth-order valence-corrected chi connectivity index (χ4v) is 2.27. The number of aliphatic carboxylic acids is 1. The Kier molecular flexibility index (Phi) is 8.57. The SMILES string of the molecule is Cc1[nH]cnc1CC(NC(=O)CN)C(=O)NC(CCCCN)C(=O)O. The second kappa shape index (κ2) is 10.4. The van der Waals surface area contributed by atoms with Crippen molar-refractivity contribution in [2.24, 2.45) is 11.5 Å². The number of hydrogen-bond acceptors (Lipinski definition) is 6. The largest absolute Gasteiger partial charge is 0.480 e.